The predicted molar refractivity (Wildman–Crippen MR) is 111 cm³/mol. The fourth-order valence-corrected chi connectivity index (χ4v) is 7.74. The van der Waals surface area contributed by atoms with Crippen LogP contribution in [0, 0.1) is 29.1 Å². The largest absolute Gasteiger partial charge is 0.433 e. The molecule has 1 spiro atoms. The molecule has 3 fully saturated rings. The van der Waals surface area contributed by atoms with Crippen LogP contribution < -0.4 is 0 Å². The van der Waals surface area contributed by atoms with Crippen molar-refractivity contribution in [3.05, 3.63) is 41.3 Å². The van der Waals surface area contributed by atoms with Gasteiger partial charge >= 0.3 is 5.97 Å². The number of rotatable bonds is 5. The Kier molecular flexibility index (Phi) is 4.63. The molecule has 28 heavy (non-hydrogen) atoms. The summed E-state index contributed by atoms with van der Waals surface area (Å²) in [6.45, 7) is 4.98. The number of allylic oxidation sites excluding steroid dienone is 2. The molecule has 0 unspecified atom stereocenters. The molecule has 1 heterocycles. The van der Waals surface area contributed by atoms with Crippen LogP contribution in [-0.2, 0) is 14.3 Å². The molecule has 2 saturated carbocycles. The van der Waals surface area contributed by atoms with E-state index in [-0.39, 0.29) is 11.4 Å². The normalized spacial score (nSPS) is 38.8. The first-order valence-electron chi connectivity index (χ1n) is 10.8. The van der Waals surface area contributed by atoms with Gasteiger partial charge in [0.2, 0.25) is 5.79 Å². The van der Waals surface area contributed by atoms with Crippen LogP contribution in [0.5, 0.6) is 0 Å². The van der Waals surface area contributed by atoms with E-state index in [0.717, 1.165) is 19.3 Å². The molecular formula is C24H30O3S. The topological polar surface area (TPSA) is 35.5 Å². The second-order valence-electron chi connectivity index (χ2n) is 9.46. The Balaban J connectivity index is 1.52. The van der Waals surface area contributed by atoms with Gasteiger partial charge in [-0.15, -0.1) is 0 Å². The lowest BCUT2D eigenvalue weighted by atomic mass is 9.51. The molecule has 0 N–H and O–H groups in total. The monoisotopic (exact) mass is 398 g/mol. The maximum absolute atomic E-state index is 12.8. The van der Waals surface area contributed by atoms with Crippen LogP contribution in [0.15, 0.2) is 46.2 Å². The highest BCUT2D eigenvalue weighted by Crippen LogP contribution is 2.71. The number of carbonyl (C=O) groups excluding carboxylic acids is 1. The van der Waals surface area contributed by atoms with Crippen molar-refractivity contribution in [1.29, 1.82) is 0 Å². The van der Waals surface area contributed by atoms with E-state index in [9.17, 15) is 4.79 Å². The van der Waals surface area contributed by atoms with Gasteiger partial charge in [0.25, 0.3) is 0 Å². The molecule has 1 aliphatic heterocycles. The van der Waals surface area contributed by atoms with Crippen molar-refractivity contribution in [3.8, 4) is 0 Å². The number of hydrogen-bond donors (Lipinski definition) is 0. The summed E-state index contributed by atoms with van der Waals surface area (Å²) in [5.74, 6) is 1.11. The first-order valence-corrected chi connectivity index (χ1v) is 11.6. The summed E-state index contributed by atoms with van der Waals surface area (Å²) in [7, 11) is 0. The van der Waals surface area contributed by atoms with Crippen molar-refractivity contribution >= 4 is 17.7 Å². The summed E-state index contributed by atoms with van der Waals surface area (Å²) in [5.41, 5.74) is 0.0381. The van der Waals surface area contributed by atoms with Crippen LogP contribution in [0.25, 0.3) is 0 Å². The molecule has 1 saturated heterocycles. The van der Waals surface area contributed by atoms with Crippen LogP contribution in [0.2, 0.25) is 0 Å². The van der Waals surface area contributed by atoms with Gasteiger partial charge < -0.3 is 9.47 Å². The molecule has 150 valence electrons. The highest BCUT2D eigenvalue weighted by atomic mass is 32.2. The molecule has 2 bridgehead atoms. The summed E-state index contributed by atoms with van der Waals surface area (Å²) in [4.78, 5) is 15.6. The zero-order valence-corrected chi connectivity index (χ0v) is 17.7. The predicted octanol–water partition coefficient (Wildman–Crippen LogP) is 5.80. The quantitative estimate of drug-likeness (QED) is 0.587. The SMILES string of the molecule is CC(C)CO[C@]12CC[C@@H]3CC[C@@H]4C(Sc5ccccc5)=CC[C@@H]1[C@]34CC(=O)O2. The van der Waals surface area contributed by atoms with Gasteiger partial charge in [0.15, 0.2) is 0 Å². The van der Waals surface area contributed by atoms with E-state index in [4.69, 9.17) is 9.47 Å². The maximum Gasteiger partial charge on any atom is 0.308 e. The van der Waals surface area contributed by atoms with E-state index in [0.29, 0.717) is 36.7 Å². The Bertz CT molecular complexity index is 788. The van der Waals surface area contributed by atoms with E-state index >= 15 is 0 Å². The summed E-state index contributed by atoms with van der Waals surface area (Å²) in [6, 6.07) is 10.7. The minimum atomic E-state index is -0.696. The second-order valence-corrected chi connectivity index (χ2v) is 10.6. The first kappa shape index (κ1) is 18.7. The van der Waals surface area contributed by atoms with Gasteiger partial charge in [-0.3, -0.25) is 4.79 Å². The molecule has 3 aliphatic carbocycles. The molecule has 3 nitrogen and oxygen atoms in total. The molecule has 4 heteroatoms. The molecule has 5 atom stereocenters. The molecule has 0 aromatic heterocycles. The standard InChI is InChI=1S/C24H30O3S/c1-16(2)15-26-24-13-12-17-8-9-19-20(28-18-6-4-3-5-7-18)10-11-21(24)23(17,19)14-22(25)27-24/h3-7,10,16-17,19,21H,8-9,11-15H2,1-2H3/t17-,19+,21+,23+,24-/m0/s1. The number of esters is 1. The number of benzene rings is 1. The lowest BCUT2D eigenvalue weighted by Crippen LogP contribution is -2.64. The average molecular weight is 399 g/mol. The van der Waals surface area contributed by atoms with Gasteiger partial charge in [-0.05, 0) is 60.5 Å². The minimum Gasteiger partial charge on any atom is -0.433 e. The highest BCUT2D eigenvalue weighted by molar-refractivity contribution is 8.03. The smallest absolute Gasteiger partial charge is 0.308 e. The van der Waals surface area contributed by atoms with Crippen LogP contribution >= 0.6 is 11.8 Å². The van der Waals surface area contributed by atoms with Crippen LogP contribution in [0.4, 0.5) is 0 Å². The van der Waals surface area contributed by atoms with Gasteiger partial charge in [0.1, 0.15) is 0 Å². The Morgan fingerprint density at radius 2 is 2.04 bits per heavy atom. The van der Waals surface area contributed by atoms with Crippen molar-refractivity contribution in [1.82, 2.24) is 0 Å². The molecule has 1 aromatic carbocycles. The second kappa shape index (κ2) is 6.91. The van der Waals surface area contributed by atoms with Gasteiger partial charge in [-0.25, -0.2) is 0 Å². The van der Waals surface area contributed by atoms with Crippen molar-refractivity contribution < 1.29 is 14.3 Å². The average Bonchev–Trinajstić information content (AvgIpc) is 3.02. The van der Waals surface area contributed by atoms with Gasteiger partial charge in [-0.1, -0.05) is 49.9 Å². The number of hydrogen-bond acceptors (Lipinski definition) is 4. The van der Waals surface area contributed by atoms with Crippen LogP contribution in [0.3, 0.4) is 0 Å². The minimum absolute atomic E-state index is 0.0381. The van der Waals surface area contributed by atoms with E-state index in [1.165, 1.54) is 22.6 Å². The molecule has 0 radical (unpaired) electrons. The zero-order chi connectivity index (χ0) is 19.4. The van der Waals surface area contributed by atoms with Crippen molar-refractivity contribution in [2.24, 2.45) is 29.1 Å². The number of carbonyl (C=O) groups is 1. The van der Waals surface area contributed by atoms with Crippen molar-refractivity contribution in [2.75, 3.05) is 6.61 Å². The third-order valence-electron chi connectivity index (χ3n) is 7.51. The molecule has 1 aromatic rings. The van der Waals surface area contributed by atoms with Gasteiger partial charge in [-0.2, -0.15) is 0 Å². The Labute approximate surface area is 172 Å². The van der Waals surface area contributed by atoms with Crippen LogP contribution in [-0.4, -0.2) is 18.4 Å². The third-order valence-corrected chi connectivity index (χ3v) is 8.70. The van der Waals surface area contributed by atoms with Crippen LogP contribution in [0.1, 0.15) is 52.4 Å². The van der Waals surface area contributed by atoms with E-state index in [1.54, 1.807) is 0 Å². The molecule has 5 rings (SSSR count). The fraction of sp³-hybridized carbons (Fsp3) is 0.625. The summed E-state index contributed by atoms with van der Waals surface area (Å²) in [6.07, 6.45) is 8.40. The van der Waals surface area contributed by atoms with Crippen molar-refractivity contribution in [2.45, 2.75) is 63.1 Å². The number of ether oxygens (including phenoxy) is 2. The summed E-state index contributed by atoms with van der Waals surface area (Å²) < 4.78 is 12.5. The molecule has 0 amide bonds. The van der Waals surface area contributed by atoms with Crippen molar-refractivity contribution in [3.63, 3.8) is 0 Å². The summed E-state index contributed by atoms with van der Waals surface area (Å²) in [5, 5.41) is 0. The maximum atomic E-state index is 12.8. The highest BCUT2D eigenvalue weighted by Gasteiger charge is 2.70. The zero-order valence-electron chi connectivity index (χ0n) is 16.9. The Morgan fingerprint density at radius 1 is 1.21 bits per heavy atom. The number of thioether (sulfide) groups is 1. The van der Waals surface area contributed by atoms with Gasteiger partial charge in [0, 0.05) is 22.6 Å². The summed E-state index contributed by atoms with van der Waals surface area (Å²) >= 11 is 1.91. The molecule has 4 aliphatic rings. The Hall–Kier alpha value is -1.26. The fourth-order valence-electron chi connectivity index (χ4n) is 6.51. The third kappa shape index (κ3) is 2.79. The lowest BCUT2D eigenvalue weighted by Gasteiger charge is -2.61. The Morgan fingerprint density at radius 3 is 2.82 bits per heavy atom. The van der Waals surface area contributed by atoms with E-state index in [1.807, 2.05) is 11.8 Å². The van der Waals surface area contributed by atoms with E-state index < -0.39 is 5.79 Å². The van der Waals surface area contributed by atoms with E-state index in [2.05, 4.69) is 50.3 Å². The lowest BCUT2D eigenvalue weighted by molar-refractivity contribution is -0.322. The molecular weight excluding hydrogens is 368 g/mol. The first-order chi connectivity index (χ1) is 13.5. The van der Waals surface area contributed by atoms with Gasteiger partial charge in [0.05, 0.1) is 13.0 Å².